The summed E-state index contributed by atoms with van der Waals surface area (Å²) in [7, 11) is 1.76. The molecule has 7 heteroatoms. The fourth-order valence-corrected chi connectivity index (χ4v) is 2.88. The Labute approximate surface area is 137 Å². The quantitative estimate of drug-likeness (QED) is 0.822. The molecule has 2 heterocycles. The van der Waals surface area contributed by atoms with E-state index in [1.165, 1.54) is 6.92 Å². The number of carbonyl (C=O) groups excluding carboxylic acids is 2. The minimum atomic E-state index is -0.993. The average molecular weight is 322 g/mol. The molecule has 2 amide bonds. The summed E-state index contributed by atoms with van der Waals surface area (Å²) in [5.41, 5.74) is 0.949. The molecule has 1 saturated heterocycles. The number of hydrogen-bond acceptors (Lipinski definition) is 4. The fourth-order valence-electron chi connectivity index (χ4n) is 2.88. The van der Waals surface area contributed by atoms with E-state index < -0.39 is 5.60 Å². The molecular weight excluding hydrogens is 296 g/mol. The molecule has 0 saturated carbocycles. The van der Waals surface area contributed by atoms with Crippen molar-refractivity contribution in [3.05, 3.63) is 17.5 Å². The Hall–Kier alpha value is -1.89. The SMILES string of the molecule is CCn1cc(CN(C)C(=O)[C@@]2(C)CN(C(C)=O)CCO2)c(C)n1. The maximum atomic E-state index is 12.8. The monoisotopic (exact) mass is 322 g/mol. The molecule has 1 atom stereocenters. The molecule has 0 aliphatic carbocycles. The molecule has 0 N–H and O–H groups in total. The second-order valence-electron chi connectivity index (χ2n) is 6.28. The highest BCUT2D eigenvalue weighted by Gasteiger charge is 2.41. The van der Waals surface area contributed by atoms with E-state index in [2.05, 4.69) is 5.10 Å². The third kappa shape index (κ3) is 3.72. The predicted molar refractivity (Wildman–Crippen MR) is 85.7 cm³/mol. The molecular formula is C16H26N4O3. The zero-order chi connectivity index (χ0) is 17.2. The van der Waals surface area contributed by atoms with Gasteiger partial charge in [0.25, 0.3) is 5.91 Å². The van der Waals surface area contributed by atoms with Crippen molar-refractivity contribution in [3.8, 4) is 0 Å². The number of aryl methyl sites for hydroxylation is 2. The normalized spacial score (nSPS) is 21.3. The van der Waals surface area contributed by atoms with Crippen LogP contribution in [0.25, 0.3) is 0 Å². The van der Waals surface area contributed by atoms with E-state index in [0.717, 1.165) is 17.8 Å². The van der Waals surface area contributed by atoms with E-state index in [0.29, 0.717) is 26.2 Å². The molecule has 23 heavy (non-hydrogen) atoms. The van der Waals surface area contributed by atoms with Gasteiger partial charge in [0.05, 0.1) is 18.8 Å². The maximum Gasteiger partial charge on any atom is 0.256 e. The molecule has 128 valence electrons. The fraction of sp³-hybridized carbons (Fsp3) is 0.688. The number of ether oxygens (including phenoxy) is 1. The molecule has 0 bridgehead atoms. The van der Waals surface area contributed by atoms with Crippen LogP contribution in [0.2, 0.25) is 0 Å². The summed E-state index contributed by atoms with van der Waals surface area (Å²) in [5, 5.41) is 4.40. The number of carbonyl (C=O) groups is 2. The van der Waals surface area contributed by atoms with Crippen molar-refractivity contribution in [2.24, 2.45) is 0 Å². The van der Waals surface area contributed by atoms with Gasteiger partial charge in [0, 0.05) is 45.4 Å². The second kappa shape index (κ2) is 6.70. The van der Waals surface area contributed by atoms with E-state index in [4.69, 9.17) is 4.74 Å². The summed E-state index contributed by atoms with van der Waals surface area (Å²) < 4.78 is 7.58. The average Bonchev–Trinajstić information content (AvgIpc) is 2.86. The maximum absolute atomic E-state index is 12.8. The van der Waals surface area contributed by atoms with Crippen LogP contribution >= 0.6 is 0 Å². The molecule has 0 unspecified atom stereocenters. The van der Waals surface area contributed by atoms with E-state index in [-0.39, 0.29) is 11.8 Å². The molecule has 7 nitrogen and oxygen atoms in total. The summed E-state index contributed by atoms with van der Waals surface area (Å²) in [4.78, 5) is 27.7. The molecule has 0 radical (unpaired) electrons. The topological polar surface area (TPSA) is 67.7 Å². The first-order valence-electron chi connectivity index (χ1n) is 7.95. The summed E-state index contributed by atoms with van der Waals surface area (Å²) >= 11 is 0. The molecule has 0 aromatic carbocycles. The summed E-state index contributed by atoms with van der Waals surface area (Å²) in [5.74, 6) is -0.151. The Kier molecular flexibility index (Phi) is 5.09. The minimum Gasteiger partial charge on any atom is -0.362 e. The standard InChI is InChI=1S/C16H26N4O3/c1-6-20-10-14(12(2)17-20)9-18(5)15(22)16(4)11-19(13(3)21)7-8-23-16/h10H,6-9,11H2,1-5H3/t16-/m1/s1. The Morgan fingerprint density at radius 3 is 2.74 bits per heavy atom. The van der Waals surface area contributed by atoms with Crippen molar-refractivity contribution in [3.63, 3.8) is 0 Å². The van der Waals surface area contributed by atoms with Crippen LogP contribution in [0.15, 0.2) is 6.20 Å². The van der Waals surface area contributed by atoms with Crippen molar-refractivity contribution < 1.29 is 14.3 Å². The molecule has 1 aromatic rings. The molecule has 1 fully saturated rings. The molecule has 1 aromatic heterocycles. The van der Waals surface area contributed by atoms with E-state index in [1.807, 2.05) is 24.7 Å². The highest BCUT2D eigenvalue weighted by molar-refractivity contribution is 5.86. The minimum absolute atomic E-state index is 0.0324. The van der Waals surface area contributed by atoms with Gasteiger partial charge in [-0.25, -0.2) is 0 Å². The van der Waals surface area contributed by atoms with Gasteiger partial charge in [0.2, 0.25) is 5.91 Å². The first-order valence-corrected chi connectivity index (χ1v) is 7.95. The predicted octanol–water partition coefficient (Wildman–Crippen LogP) is 0.807. The lowest BCUT2D eigenvalue weighted by Gasteiger charge is -2.40. The summed E-state index contributed by atoms with van der Waals surface area (Å²) in [6.07, 6.45) is 1.96. The summed E-state index contributed by atoms with van der Waals surface area (Å²) in [6.45, 7) is 9.71. The van der Waals surface area contributed by atoms with Crippen LogP contribution in [-0.2, 0) is 27.4 Å². The molecule has 1 aliphatic rings. The van der Waals surface area contributed by atoms with Crippen molar-refractivity contribution in [1.82, 2.24) is 19.6 Å². The highest BCUT2D eigenvalue weighted by Crippen LogP contribution is 2.21. The zero-order valence-electron chi connectivity index (χ0n) is 14.6. The third-order valence-electron chi connectivity index (χ3n) is 4.30. The van der Waals surface area contributed by atoms with Crippen molar-refractivity contribution >= 4 is 11.8 Å². The second-order valence-corrected chi connectivity index (χ2v) is 6.28. The van der Waals surface area contributed by atoms with E-state index >= 15 is 0 Å². The number of hydrogen-bond donors (Lipinski definition) is 0. The lowest BCUT2D eigenvalue weighted by molar-refractivity contribution is -0.170. The molecule has 2 rings (SSSR count). The van der Waals surface area contributed by atoms with Crippen LogP contribution in [0.5, 0.6) is 0 Å². The Balaban J connectivity index is 2.08. The van der Waals surface area contributed by atoms with Gasteiger partial charge in [-0.2, -0.15) is 5.10 Å². The Morgan fingerprint density at radius 2 is 2.17 bits per heavy atom. The van der Waals surface area contributed by atoms with Gasteiger partial charge in [-0.15, -0.1) is 0 Å². The number of aromatic nitrogens is 2. The van der Waals surface area contributed by atoms with Gasteiger partial charge >= 0.3 is 0 Å². The highest BCUT2D eigenvalue weighted by atomic mass is 16.5. The van der Waals surface area contributed by atoms with E-state index in [1.54, 1.807) is 23.8 Å². The van der Waals surface area contributed by atoms with Crippen molar-refractivity contribution in [1.29, 1.82) is 0 Å². The van der Waals surface area contributed by atoms with Gasteiger partial charge in [-0.3, -0.25) is 14.3 Å². The van der Waals surface area contributed by atoms with Crippen LogP contribution < -0.4 is 0 Å². The number of morpholine rings is 1. The van der Waals surface area contributed by atoms with Gasteiger partial charge < -0.3 is 14.5 Å². The zero-order valence-corrected chi connectivity index (χ0v) is 14.6. The first-order chi connectivity index (χ1) is 10.8. The summed E-state index contributed by atoms with van der Waals surface area (Å²) in [6, 6.07) is 0. The van der Waals surface area contributed by atoms with Gasteiger partial charge in [-0.1, -0.05) is 0 Å². The van der Waals surface area contributed by atoms with Crippen molar-refractivity contribution in [2.45, 2.75) is 46.4 Å². The number of rotatable bonds is 4. The van der Waals surface area contributed by atoms with Crippen LogP contribution in [0.4, 0.5) is 0 Å². The van der Waals surface area contributed by atoms with Crippen LogP contribution in [-0.4, -0.2) is 63.7 Å². The third-order valence-corrected chi connectivity index (χ3v) is 4.30. The number of amides is 2. The lowest BCUT2D eigenvalue weighted by atomic mass is 10.0. The van der Waals surface area contributed by atoms with Crippen molar-refractivity contribution in [2.75, 3.05) is 26.7 Å². The number of nitrogens with zero attached hydrogens (tertiary/aromatic N) is 4. The Morgan fingerprint density at radius 1 is 1.48 bits per heavy atom. The van der Waals surface area contributed by atoms with Crippen LogP contribution in [0.3, 0.4) is 0 Å². The van der Waals surface area contributed by atoms with Gasteiger partial charge in [0.15, 0.2) is 5.60 Å². The first kappa shape index (κ1) is 17.5. The lowest BCUT2D eigenvalue weighted by Crippen LogP contribution is -2.59. The van der Waals surface area contributed by atoms with E-state index in [9.17, 15) is 9.59 Å². The number of likely N-dealkylation sites (N-methyl/N-ethyl adjacent to an activating group) is 1. The van der Waals surface area contributed by atoms with Gasteiger partial charge in [0.1, 0.15) is 0 Å². The Bertz CT molecular complexity index is 598. The largest absolute Gasteiger partial charge is 0.362 e. The molecule has 1 aliphatic heterocycles. The smallest absolute Gasteiger partial charge is 0.256 e. The van der Waals surface area contributed by atoms with Gasteiger partial charge in [-0.05, 0) is 20.8 Å². The molecule has 0 spiro atoms. The van der Waals surface area contributed by atoms with Crippen LogP contribution in [0.1, 0.15) is 32.0 Å². The van der Waals surface area contributed by atoms with Crippen LogP contribution in [0, 0.1) is 6.92 Å².